The SMILES string of the molecule is Cc1cc(CNC(C)C)ccc1N(CC(F)(F)F)C(C)C. The minimum absolute atomic E-state index is 0.204. The maximum atomic E-state index is 12.7. The van der Waals surface area contributed by atoms with Crippen molar-refractivity contribution < 1.29 is 13.2 Å². The van der Waals surface area contributed by atoms with Crippen molar-refractivity contribution in [2.45, 2.75) is 59.4 Å². The number of halogens is 3. The van der Waals surface area contributed by atoms with Crippen LogP contribution in [0.1, 0.15) is 38.8 Å². The zero-order valence-corrected chi connectivity index (χ0v) is 13.4. The summed E-state index contributed by atoms with van der Waals surface area (Å²) in [7, 11) is 0. The van der Waals surface area contributed by atoms with E-state index in [1.165, 1.54) is 4.90 Å². The summed E-state index contributed by atoms with van der Waals surface area (Å²) in [5, 5.41) is 3.31. The molecule has 1 rings (SSSR count). The molecule has 2 nitrogen and oxygen atoms in total. The third kappa shape index (κ3) is 5.96. The largest absolute Gasteiger partial charge is 0.405 e. The molecule has 120 valence electrons. The number of benzene rings is 1. The molecular weight excluding hydrogens is 277 g/mol. The molecule has 0 aliphatic carbocycles. The number of anilines is 1. The molecule has 0 saturated carbocycles. The number of hydrogen-bond donors (Lipinski definition) is 1. The average molecular weight is 302 g/mol. The van der Waals surface area contributed by atoms with Crippen LogP contribution in [0.4, 0.5) is 18.9 Å². The summed E-state index contributed by atoms with van der Waals surface area (Å²) >= 11 is 0. The summed E-state index contributed by atoms with van der Waals surface area (Å²) in [5.74, 6) is 0. The molecule has 0 bridgehead atoms. The van der Waals surface area contributed by atoms with E-state index in [1.54, 1.807) is 19.9 Å². The van der Waals surface area contributed by atoms with Crippen LogP contribution in [-0.2, 0) is 6.54 Å². The van der Waals surface area contributed by atoms with Gasteiger partial charge in [-0.2, -0.15) is 13.2 Å². The molecular formula is C16H25F3N2. The first-order valence-corrected chi connectivity index (χ1v) is 7.26. The highest BCUT2D eigenvalue weighted by Gasteiger charge is 2.32. The third-order valence-corrected chi connectivity index (χ3v) is 3.26. The number of rotatable bonds is 6. The van der Waals surface area contributed by atoms with Gasteiger partial charge in [0.05, 0.1) is 0 Å². The minimum Gasteiger partial charge on any atom is -0.360 e. The fraction of sp³-hybridized carbons (Fsp3) is 0.625. The maximum Gasteiger partial charge on any atom is 0.405 e. The molecule has 0 radical (unpaired) electrons. The van der Waals surface area contributed by atoms with Crippen molar-refractivity contribution in [1.82, 2.24) is 5.32 Å². The Kier molecular flexibility index (Phi) is 6.08. The van der Waals surface area contributed by atoms with Gasteiger partial charge >= 0.3 is 6.18 Å². The number of aryl methyl sites for hydroxylation is 1. The van der Waals surface area contributed by atoms with Gasteiger partial charge in [0.25, 0.3) is 0 Å². The fourth-order valence-electron chi connectivity index (χ4n) is 2.21. The van der Waals surface area contributed by atoms with E-state index in [0.29, 0.717) is 11.7 Å². The third-order valence-electron chi connectivity index (χ3n) is 3.26. The fourth-order valence-corrected chi connectivity index (χ4v) is 2.21. The molecule has 0 aromatic heterocycles. The second-order valence-corrected chi connectivity index (χ2v) is 5.99. The van der Waals surface area contributed by atoms with Gasteiger partial charge in [-0.3, -0.25) is 0 Å². The van der Waals surface area contributed by atoms with E-state index < -0.39 is 12.7 Å². The van der Waals surface area contributed by atoms with Gasteiger partial charge in [-0.25, -0.2) is 0 Å². The normalized spacial score (nSPS) is 12.3. The van der Waals surface area contributed by atoms with Gasteiger partial charge in [0.2, 0.25) is 0 Å². The Bertz CT molecular complexity index is 453. The van der Waals surface area contributed by atoms with Crippen LogP contribution in [0.15, 0.2) is 18.2 Å². The predicted octanol–water partition coefficient (Wildman–Crippen LogP) is 4.27. The minimum atomic E-state index is -4.20. The molecule has 0 heterocycles. The van der Waals surface area contributed by atoms with Gasteiger partial charge in [-0.1, -0.05) is 26.0 Å². The van der Waals surface area contributed by atoms with Crippen molar-refractivity contribution in [3.05, 3.63) is 29.3 Å². The van der Waals surface area contributed by atoms with Gasteiger partial charge in [0.15, 0.2) is 0 Å². The zero-order chi connectivity index (χ0) is 16.2. The highest BCUT2D eigenvalue weighted by atomic mass is 19.4. The lowest BCUT2D eigenvalue weighted by molar-refractivity contribution is -0.120. The molecule has 0 amide bonds. The van der Waals surface area contributed by atoms with Crippen LogP contribution in [0.5, 0.6) is 0 Å². The molecule has 0 aliphatic rings. The number of nitrogens with one attached hydrogen (secondary N) is 1. The van der Waals surface area contributed by atoms with Crippen LogP contribution < -0.4 is 10.2 Å². The lowest BCUT2D eigenvalue weighted by atomic mass is 10.1. The van der Waals surface area contributed by atoms with E-state index in [2.05, 4.69) is 19.2 Å². The van der Waals surface area contributed by atoms with Crippen molar-refractivity contribution >= 4 is 5.69 Å². The van der Waals surface area contributed by atoms with Crippen LogP contribution in [-0.4, -0.2) is 24.8 Å². The van der Waals surface area contributed by atoms with Crippen molar-refractivity contribution in [1.29, 1.82) is 0 Å². The lowest BCUT2D eigenvalue weighted by Gasteiger charge is -2.31. The van der Waals surface area contributed by atoms with E-state index in [1.807, 2.05) is 19.1 Å². The van der Waals surface area contributed by atoms with E-state index in [9.17, 15) is 13.2 Å². The Morgan fingerprint density at radius 2 is 1.76 bits per heavy atom. The molecule has 21 heavy (non-hydrogen) atoms. The number of hydrogen-bond acceptors (Lipinski definition) is 2. The first-order valence-electron chi connectivity index (χ1n) is 7.26. The second kappa shape index (κ2) is 7.16. The Labute approximate surface area is 125 Å². The van der Waals surface area contributed by atoms with E-state index in [-0.39, 0.29) is 6.04 Å². The van der Waals surface area contributed by atoms with E-state index in [0.717, 1.165) is 17.7 Å². The van der Waals surface area contributed by atoms with Crippen molar-refractivity contribution in [2.75, 3.05) is 11.4 Å². The summed E-state index contributed by atoms with van der Waals surface area (Å²) in [6.45, 7) is 9.34. The van der Waals surface area contributed by atoms with Gasteiger partial charge in [0.1, 0.15) is 6.54 Å². The highest BCUT2D eigenvalue weighted by Crippen LogP contribution is 2.27. The quantitative estimate of drug-likeness (QED) is 0.844. The Morgan fingerprint density at radius 1 is 1.14 bits per heavy atom. The average Bonchev–Trinajstić information content (AvgIpc) is 2.32. The predicted molar refractivity (Wildman–Crippen MR) is 81.7 cm³/mol. The smallest absolute Gasteiger partial charge is 0.360 e. The molecule has 0 atom stereocenters. The molecule has 0 saturated heterocycles. The highest BCUT2D eigenvalue weighted by molar-refractivity contribution is 5.55. The van der Waals surface area contributed by atoms with Crippen LogP contribution >= 0.6 is 0 Å². The molecule has 1 N–H and O–H groups in total. The maximum absolute atomic E-state index is 12.7. The summed E-state index contributed by atoms with van der Waals surface area (Å²) in [6, 6.07) is 5.81. The monoisotopic (exact) mass is 302 g/mol. The van der Waals surface area contributed by atoms with Crippen molar-refractivity contribution in [2.24, 2.45) is 0 Å². The van der Waals surface area contributed by atoms with Gasteiger partial charge in [-0.05, 0) is 38.0 Å². The molecule has 0 fully saturated rings. The van der Waals surface area contributed by atoms with Gasteiger partial charge in [-0.15, -0.1) is 0 Å². The lowest BCUT2D eigenvalue weighted by Crippen LogP contribution is -2.39. The van der Waals surface area contributed by atoms with Gasteiger partial charge in [0, 0.05) is 24.3 Å². The van der Waals surface area contributed by atoms with Crippen LogP contribution in [0.2, 0.25) is 0 Å². The zero-order valence-electron chi connectivity index (χ0n) is 13.4. The van der Waals surface area contributed by atoms with E-state index >= 15 is 0 Å². The summed E-state index contributed by atoms with van der Waals surface area (Å²) in [6.07, 6.45) is -4.20. The standard InChI is InChI=1S/C16H25F3N2/c1-11(2)20-9-14-6-7-15(13(5)8-14)21(12(3)4)10-16(17,18)19/h6-8,11-12,20H,9-10H2,1-5H3. The first kappa shape index (κ1) is 17.8. The van der Waals surface area contributed by atoms with Gasteiger partial charge < -0.3 is 10.2 Å². The Hall–Kier alpha value is -1.23. The Morgan fingerprint density at radius 3 is 2.19 bits per heavy atom. The topological polar surface area (TPSA) is 15.3 Å². The second-order valence-electron chi connectivity index (χ2n) is 5.99. The summed E-state index contributed by atoms with van der Waals surface area (Å²) in [5.41, 5.74) is 2.60. The number of nitrogens with zero attached hydrogens (tertiary/aromatic N) is 1. The number of alkyl halides is 3. The van der Waals surface area contributed by atoms with Crippen molar-refractivity contribution in [3.8, 4) is 0 Å². The van der Waals surface area contributed by atoms with Crippen LogP contribution in [0.3, 0.4) is 0 Å². The van der Waals surface area contributed by atoms with Crippen LogP contribution in [0, 0.1) is 6.92 Å². The molecule has 1 aromatic carbocycles. The first-order chi connectivity index (χ1) is 9.60. The molecule has 0 unspecified atom stereocenters. The summed E-state index contributed by atoms with van der Waals surface area (Å²) < 4.78 is 38.2. The Balaban J connectivity index is 2.95. The molecule has 0 spiro atoms. The van der Waals surface area contributed by atoms with Crippen molar-refractivity contribution in [3.63, 3.8) is 0 Å². The van der Waals surface area contributed by atoms with E-state index in [4.69, 9.17) is 0 Å². The summed E-state index contributed by atoms with van der Waals surface area (Å²) in [4.78, 5) is 1.40. The molecule has 5 heteroatoms. The molecule has 1 aromatic rings. The van der Waals surface area contributed by atoms with Crippen LogP contribution in [0.25, 0.3) is 0 Å². The molecule has 0 aliphatic heterocycles.